The highest BCUT2D eigenvalue weighted by Crippen LogP contribution is 2.39. The van der Waals surface area contributed by atoms with Crippen LogP contribution in [0.15, 0.2) is 62.9 Å². The SMILES string of the molecule is CCCc1nc2ccc(Br)cc2c(=O)n1N=Cc1cc(OC)c(OCc2ccc3c(c2)OCO3)c(OC)c1. The Balaban J connectivity index is 1.46. The number of aryl methyl sites for hydroxylation is 1. The van der Waals surface area contributed by atoms with E-state index >= 15 is 0 Å². The van der Waals surface area contributed by atoms with Gasteiger partial charge in [0.1, 0.15) is 12.4 Å². The van der Waals surface area contributed by atoms with Crippen LogP contribution >= 0.6 is 15.9 Å². The van der Waals surface area contributed by atoms with Gasteiger partial charge in [0.25, 0.3) is 5.56 Å². The molecule has 0 fully saturated rings. The van der Waals surface area contributed by atoms with Crippen LogP contribution in [0.5, 0.6) is 28.7 Å². The van der Waals surface area contributed by atoms with Crippen LogP contribution < -0.4 is 29.2 Å². The van der Waals surface area contributed by atoms with Gasteiger partial charge in [0.05, 0.1) is 31.3 Å². The Morgan fingerprint density at radius 2 is 1.82 bits per heavy atom. The van der Waals surface area contributed by atoms with Crippen LogP contribution in [0, 0.1) is 0 Å². The van der Waals surface area contributed by atoms with Crippen LogP contribution in [0.3, 0.4) is 0 Å². The van der Waals surface area contributed by atoms with E-state index in [4.69, 9.17) is 23.7 Å². The van der Waals surface area contributed by atoms with Crippen molar-refractivity contribution in [3.63, 3.8) is 0 Å². The lowest BCUT2D eigenvalue weighted by Crippen LogP contribution is -2.22. The molecule has 5 rings (SSSR count). The molecule has 0 saturated carbocycles. The molecular formula is C28H26BrN3O6. The molecule has 0 unspecified atom stereocenters. The number of halogens is 1. The van der Waals surface area contributed by atoms with Gasteiger partial charge in [-0.1, -0.05) is 28.9 Å². The molecule has 1 aliphatic rings. The Hall–Kier alpha value is -4.05. The first-order chi connectivity index (χ1) is 18.5. The van der Waals surface area contributed by atoms with Gasteiger partial charge in [-0.15, -0.1) is 0 Å². The largest absolute Gasteiger partial charge is 0.493 e. The summed E-state index contributed by atoms with van der Waals surface area (Å²) in [6.07, 6.45) is 3.01. The summed E-state index contributed by atoms with van der Waals surface area (Å²) in [5.41, 5.74) is 1.97. The van der Waals surface area contributed by atoms with E-state index in [2.05, 4.69) is 26.0 Å². The molecule has 4 aromatic rings. The van der Waals surface area contributed by atoms with Crippen molar-refractivity contribution in [3.05, 3.63) is 80.3 Å². The number of fused-ring (bicyclic) bond motifs is 2. The second-order valence-corrected chi connectivity index (χ2v) is 9.45. The van der Waals surface area contributed by atoms with Crippen molar-refractivity contribution in [3.8, 4) is 28.7 Å². The van der Waals surface area contributed by atoms with Gasteiger partial charge in [-0.3, -0.25) is 4.79 Å². The van der Waals surface area contributed by atoms with Gasteiger partial charge >= 0.3 is 0 Å². The quantitative estimate of drug-likeness (QED) is 0.248. The van der Waals surface area contributed by atoms with E-state index in [9.17, 15) is 4.79 Å². The van der Waals surface area contributed by atoms with E-state index < -0.39 is 0 Å². The molecule has 196 valence electrons. The molecule has 10 heteroatoms. The van der Waals surface area contributed by atoms with Gasteiger partial charge in [-0.05, 0) is 54.4 Å². The molecule has 0 atom stereocenters. The Bertz CT molecular complexity index is 1560. The lowest BCUT2D eigenvalue weighted by Gasteiger charge is -2.15. The van der Waals surface area contributed by atoms with Crippen LogP contribution in [0.2, 0.25) is 0 Å². The standard InChI is InChI=1S/C28H26BrN3O6/c1-4-5-26-31-21-8-7-19(29)13-20(21)28(33)32(26)30-14-18-11-24(34-2)27(25(12-18)35-3)36-15-17-6-9-22-23(10-17)38-16-37-22/h6-14H,4-5,15-16H2,1-3H3. The van der Waals surface area contributed by atoms with Crippen LogP contribution in [-0.2, 0) is 13.0 Å². The van der Waals surface area contributed by atoms with E-state index in [0.717, 1.165) is 16.5 Å². The third kappa shape index (κ3) is 5.17. The fourth-order valence-electron chi connectivity index (χ4n) is 4.13. The number of hydrogen-bond acceptors (Lipinski definition) is 8. The summed E-state index contributed by atoms with van der Waals surface area (Å²) in [5.74, 6) is 3.37. The van der Waals surface area contributed by atoms with Gasteiger partial charge in [0.2, 0.25) is 12.5 Å². The average molecular weight is 580 g/mol. The number of hydrogen-bond donors (Lipinski definition) is 0. The topological polar surface area (TPSA) is 93.4 Å². The summed E-state index contributed by atoms with van der Waals surface area (Å²) in [5, 5.41) is 4.99. The molecule has 0 bridgehead atoms. The first-order valence-corrected chi connectivity index (χ1v) is 12.8. The molecule has 0 radical (unpaired) electrons. The first-order valence-electron chi connectivity index (χ1n) is 12.0. The maximum absolute atomic E-state index is 13.3. The summed E-state index contributed by atoms with van der Waals surface area (Å²) >= 11 is 3.43. The summed E-state index contributed by atoms with van der Waals surface area (Å²) in [4.78, 5) is 18.0. The molecule has 0 amide bonds. The van der Waals surface area contributed by atoms with Crippen LogP contribution in [0.1, 0.15) is 30.3 Å². The van der Waals surface area contributed by atoms with Crippen molar-refractivity contribution in [2.24, 2.45) is 5.10 Å². The Morgan fingerprint density at radius 1 is 1.05 bits per heavy atom. The third-order valence-corrected chi connectivity index (χ3v) is 6.47. The van der Waals surface area contributed by atoms with Crippen molar-refractivity contribution in [1.29, 1.82) is 0 Å². The summed E-state index contributed by atoms with van der Waals surface area (Å²) in [6.45, 7) is 2.51. The summed E-state index contributed by atoms with van der Waals surface area (Å²) < 4.78 is 30.3. The molecular weight excluding hydrogens is 554 g/mol. The van der Waals surface area contributed by atoms with E-state index in [1.165, 1.54) is 4.68 Å². The third-order valence-electron chi connectivity index (χ3n) is 5.97. The van der Waals surface area contributed by atoms with Gasteiger partial charge < -0.3 is 23.7 Å². The number of ether oxygens (including phenoxy) is 5. The molecule has 9 nitrogen and oxygen atoms in total. The molecule has 2 heterocycles. The van der Waals surface area contributed by atoms with E-state index in [1.54, 1.807) is 38.6 Å². The molecule has 3 aromatic carbocycles. The zero-order valence-electron chi connectivity index (χ0n) is 21.2. The summed E-state index contributed by atoms with van der Waals surface area (Å²) in [7, 11) is 3.11. The predicted octanol–water partition coefficient (Wildman–Crippen LogP) is 5.32. The number of rotatable bonds is 9. The van der Waals surface area contributed by atoms with Gasteiger partial charge in [-0.2, -0.15) is 9.78 Å². The highest BCUT2D eigenvalue weighted by molar-refractivity contribution is 9.10. The van der Waals surface area contributed by atoms with Crippen LogP contribution in [0.4, 0.5) is 0 Å². The van der Waals surface area contributed by atoms with E-state index in [-0.39, 0.29) is 19.0 Å². The summed E-state index contributed by atoms with van der Waals surface area (Å²) in [6, 6.07) is 14.6. The molecule has 38 heavy (non-hydrogen) atoms. The zero-order valence-corrected chi connectivity index (χ0v) is 22.8. The fraction of sp³-hybridized carbons (Fsp3) is 0.250. The molecule has 0 aliphatic carbocycles. The Morgan fingerprint density at radius 3 is 2.55 bits per heavy atom. The highest BCUT2D eigenvalue weighted by atomic mass is 79.9. The smallest absolute Gasteiger partial charge is 0.282 e. The molecule has 1 aromatic heterocycles. The maximum atomic E-state index is 13.3. The molecule has 0 saturated heterocycles. The maximum Gasteiger partial charge on any atom is 0.282 e. The Labute approximate surface area is 227 Å². The highest BCUT2D eigenvalue weighted by Gasteiger charge is 2.17. The van der Waals surface area contributed by atoms with Crippen molar-refractivity contribution < 1.29 is 23.7 Å². The minimum absolute atomic E-state index is 0.211. The number of aromatic nitrogens is 2. The van der Waals surface area contributed by atoms with Crippen LogP contribution in [-0.4, -0.2) is 36.9 Å². The lowest BCUT2D eigenvalue weighted by atomic mass is 10.2. The first kappa shape index (κ1) is 25.6. The predicted molar refractivity (Wildman–Crippen MR) is 147 cm³/mol. The second-order valence-electron chi connectivity index (χ2n) is 8.53. The number of nitrogens with zero attached hydrogens (tertiary/aromatic N) is 3. The van der Waals surface area contributed by atoms with Gasteiger partial charge in [0, 0.05) is 16.5 Å². The molecule has 0 N–H and O–H groups in total. The normalized spacial score (nSPS) is 12.3. The van der Waals surface area contributed by atoms with Crippen molar-refractivity contribution in [2.75, 3.05) is 21.0 Å². The number of methoxy groups -OCH3 is 2. The average Bonchev–Trinajstić information content (AvgIpc) is 3.40. The van der Waals surface area contributed by atoms with Gasteiger partial charge in [-0.25, -0.2) is 4.98 Å². The minimum atomic E-state index is -0.237. The Kier molecular flexibility index (Phi) is 7.50. The van der Waals surface area contributed by atoms with Crippen molar-refractivity contribution in [2.45, 2.75) is 26.4 Å². The van der Waals surface area contributed by atoms with Gasteiger partial charge in [0.15, 0.2) is 23.0 Å². The van der Waals surface area contributed by atoms with Crippen LogP contribution in [0.25, 0.3) is 10.9 Å². The van der Waals surface area contributed by atoms with E-state index in [0.29, 0.717) is 57.5 Å². The molecule has 0 spiro atoms. The monoisotopic (exact) mass is 579 g/mol. The minimum Gasteiger partial charge on any atom is -0.493 e. The zero-order chi connectivity index (χ0) is 26.6. The number of benzene rings is 3. The van der Waals surface area contributed by atoms with Crippen molar-refractivity contribution >= 4 is 33.0 Å². The second kappa shape index (κ2) is 11.1. The van der Waals surface area contributed by atoms with Crippen molar-refractivity contribution in [1.82, 2.24) is 9.66 Å². The van der Waals surface area contributed by atoms with E-state index in [1.807, 2.05) is 37.3 Å². The lowest BCUT2D eigenvalue weighted by molar-refractivity contribution is 0.174. The fourth-order valence-corrected chi connectivity index (χ4v) is 4.49. The molecule has 1 aliphatic heterocycles.